The maximum Gasteiger partial charge on any atom is 0.354 e. The van der Waals surface area contributed by atoms with Crippen molar-refractivity contribution >= 4 is 5.97 Å². The predicted octanol–water partition coefficient (Wildman–Crippen LogP) is 2.33. The van der Waals surface area contributed by atoms with E-state index < -0.39 is 0 Å². The predicted molar refractivity (Wildman–Crippen MR) is 60.4 cm³/mol. The van der Waals surface area contributed by atoms with Crippen LogP contribution in [0.2, 0.25) is 0 Å². The average Bonchev–Trinajstić information content (AvgIpc) is 2.19. The minimum Gasteiger partial charge on any atom is -0.461 e. The zero-order valence-corrected chi connectivity index (χ0v) is 10.0. The second-order valence-electron chi connectivity index (χ2n) is 4.12. The molecule has 0 N–H and O–H groups in total. The molecule has 1 aliphatic rings. The normalized spacial score (nSPS) is 16.1. The molecule has 0 amide bonds. The largest absolute Gasteiger partial charge is 0.461 e. The molecule has 0 aliphatic carbocycles. The van der Waals surface area contributed by atoms with Gasteiger partial charge in [-0.2, -0.15) is 0 Å². The lowest BCUT2D eigenvalue weighted by atomic mass is 10.1. The van der Waals surface area contributed by atoms with E-state index in [0.717, 1.165) is 24.4 Å². The summed E-state index contributed by atoms with van der Waals surface area (Å²) in [6.07, 6.45) is 3.63. The van der Waals surface area contributed by atoms with Crippen molar-refractivity contribution in [3.8, 4) is 0 Å². The van der Waals surface area contributed by atoms with Crippen LogP contribution in [0.25, 0.3) is 0 Å². The van der Waals surface area contributed by atoms with E-state index in [1.165, 1.54) is 19.3 Å². The van der Waals surface area contributed by atoms with E-state index in [-0.39, 0.29) is 5.97 Å². The van der Waals surface area contributed by atoms with Crippen LogP contribution in [-0.4, -0.2) is 30.6 Å². The zero-order valence-electron chi connectivity index (χ0n) is 10.0. The number of esters is 1. The summed E-state index contributed by atoms with van der Waals surface area (Å²) in [6, 6.07) is 0. The number of rotatable bonds is 3. The second kappa shape index (κ2) is 5.79. The average molecular weight is 211 g/mol. The van der Waals surface area contributed by atoms with E-state index in [1.54, 1.807) is 0 Å². The summed E-state index contributed by atoms with van der Waals surface area (Å²) in [5.74, 6) is -0.167. The molecule has 1 rings (SSSR count). The molecule has 0 aromatic rings. The van der Waals surface area contributed by atoms with E-state index in [1.807, 2.05) is 20.8 Å². The minimum atomic E-state index is -0.167. The highest BCUT2D eigenvalue weighted by atomic mass is 16.5. The zero-order chi connectivity index (χ0) is 11.3. The van der Waals surface area contributed by atoms with Crippen molar-refractivity contribution in [2.24, 2.45) is 0 Å². The first-order valence-electron chi connectivity index (χ1n) is 5.76. The third-order valence-corrected chi connectivity index (χ3v) is 2.61. The van der Waals surface area contributed by atoms with Crippen molar-refractivity contribution in [1.82, 2.24) is 4.90 Å². The van der Waals surface area contributed by atoms with Gasteiger partial charge >= 0.3 is 5.97 Å². The van der Waals surface area contributed by atoms with Gasteiger partial charge in [-0.15, -0.1) is 0 Å². The van der Waals surface area contributed by atoms with E-state index in [2.05, 4.69) is 4.90 Å². The molecule has 1 heterocycles. The first-order chi connectivity index (χ1) is 7.16. The number of carbonyl (C=O) groups is 1. The lowest BCUT2D eigenvalue weighted by Gasteiger charge is -2.30. The van der Waals surface area contributed by atoms with Crippen LogP contribution < -0.4 is 0 Å². The van der Waals surface area contributed by atoms with Crippen LogP contribution >= 0.6 is 0 Å². The Labute approximate surface area is 92.1 Å². The molecule has 86 valence electrons. The number of hydrogen-bond donors (Lipinski definition) is 0. The Kier molecular flexibility index (Phi) is 4.66. The Morgan fingerprint density at radius 2 is 1.80 bits per heavy atom. The van der Waals surface area contributed by atoms with Gasteiger partial charge in [0.2, 0.25) is 0 Å². The molecule has 0 bridgehead atoms. The molecule has 3 heteroatoms. The number of hydrogen-bond acceptors (Lipinski definition) is 3. The van der Waals surface area contributed by atoms with Gasteiger partial charge in [0, 0.05) is 13.1 Å². The van der Waals surface area contributed by atoms with Gasteiger partial charge in [-0.05, 0) is 45.6 Å². The van der Waals surface area contributed by atoms with Gasteiger partial charge < -0.3 is 9.64 Å². The summed E-state index contributed by atoms with van der Waals surface area (Å²) in [6.45, 7) is 8.21. The SMILES string of the molecule is CCOC(=O)C(=C(C)C)N1CCCCC1. The Morgan fingerprint density at radius 3 is 2.27 bits per heavy atom. The highest BCUT2D eigenvalue weighted by Crippen LogP contribution is 2.18. The van der Waals surface area contributed by atoms with Gasteiger partial charge in [0.05, 0.1) is 6.61 Å². The Hall–Kier alpha value is -0.990. The van der Waals surface area contributed by atoms with Crippen molar-refractivity contribution in [3.05, 3.63) is 11.3 Å². The van der Waals surface area contributed by atoms with Crippen molar-refractivity contribution in [3.63, 3.8) is 0 Å². The smallest absolute Gasteiger partial charge is 0.354 e. The van der Waals surface area contributed by atoms with Crippen LogP contribution in [0.4, 0.5) is 0 Å². The molecular weight excluding hydrogens is 190 g/mol. The Morgan fingerprint density at radius 1 is 1.20 bits per heavy atom. The fourth-order valence-electron chi connectivity index (χ4n) is 1.97. The van der Waals surface area contributed by atoms with Crippen LogP contribution in [0.15, 0.2) is 11.3 Å². The number of piperidine rings is 1. The molecule has 1 saturated heterocycles. The Balaban J connectivity index is 2.73. The highest BCUT2D eigenvalue weighted by molar-refractivity contribution is 5.88. The molecule has 0 aromatic heterocycles. The summed E-state index contributed by atoms with van der Waals surface area (Å²) >= 11 is 0. The monoisotopic (exact) mass is 211 g/mol. The molecule has 1 aliphatic heterocycles. The molecule has 0 saturated carbocycles. The van der Waals surface area contributed by atoms with Crippen LogP contribution in [0.1, 0.15) is 40.0 Å². The van der Waals surface area contributed by atoms with Crippen molar-refractivity contribution < 1.29 is 9.53 Å². The van der Waals surface area contributed by atoms with E-state index in [4.69, 9.17) is 4.74 Å². The molecule has 3 nitrogen and oxygen atoms in total. The van der Waals surface area contributed by atoms with Crippen molar-refractivity contribution in [1.29, 1.82) is 0 Å². The first-order valence-corrected chi connectivity index (χ1v) is 5.76. The lowest BCUT2D eigenvalue weighted by molar-refractivity contribution is -0.140. The third-order valence-electron chi connectivity index (χ3n) is 2.61. The van der Waals surface area contributed by atoms with E-state index >= 15 is 0 Å². The van der Waals surface area contributed by atoms with Crippen LogP contribution in [-0.2, 0) is 9.53 Å². The first kappa shape index (κ1) is 12.1. The summed E-state index contributed by atoms with van der Waals surface area (Å²) in [7, 11) is 0. The number of likely N-dealkylation sites (tertiary alicyclic amines) is 1. The number of ether oxygens (including phenoxy) is 1. The van der Waals surface area contributed by atoms with Gasteiger partial charge in [-0.25, -0.2) is 4.79 Å². The van der Waals surface area contributed by atoms with Crippen LogP contribution in [0, 0.1) is 0 Å². The summed E-state index contributed by atoms with van der Waals surface area (Å²) in [5, 5.41) is 0. The maximum atomic E-state index is 11.8. The van der Waals surface area contributed by atoms with Gasteiger partial charge in [0.15, 0.2) is 0 Å². The topological polar surface area (TPSA) is 29.5 Å². The fraction of sp³-hybridized carbons (Fsp3) is 0.750. The molecular formula is C12H21NO2. The molecule has 0 atom stereocenters. The summed E-state index contributed by atoms with van der Waals surface area (Å²) in [4.78, 5) is 13.9. The molecule has 15 heavy (non-hydrogen) atoms. The van der Waals surface area contributed by atoms with Gasteiger partial charge in [-0.1, -0.05) is 0 Å². The molecule has 1 fully saturated rings. The third kappa shape index (κ3) is 3.26. The fourth-order valence-corrected chi connectivity index (χ4v) is 1.97. The Bertz CT molecular complexity index is 248. The van der Waals surface area contributed by atoms with Crippen molar-refractivity contribution in [2.45, 2.75) is 40.0 Å². The summed E-state index contributed by atoms with van der Waals surface area (Å²) in [5.41, 5.74) is 1.83. The second-order valence-corrected chi connectivity index (χ2v) is 4.12. The van der Waals surface area contributed by atoms with Crippen molar-refractivity contribution in [2.75, 3.05) is 19.7 Å². The minimum absolute atomic E-state index is 0.167. The summed E-state index contributed by atoms with van der Waals surface area (Å²) < 4.78 is 5.08. The number of carbonyl (C=O) groups excluding carboxylic acids is 1. The van der Waals surface area contributed by atoms with Crippen LogP contribution in [0.5, 0.6) is 0 Å². The standard InChI is InChI=1S/C12H21NO2/c1-4-15-12(14)11(10(2)3)13-8-6-5-7-9-13/h4-9H2,1-3H3. The van der Waals surface area contributed by atoms with E-state index in [9.17, 15) is 4.79 Å². The van der Waals surface area contributed by atoms with Gasteiger partial charge in [-0.3, -0.25) is 0 Å². The molecule has 0 aromatic carbocycles. The highest BCUT2D eigenvalue weighted by Gasteiger charge is 2.21. The van der Waals surface area contributed by atoms with Gasteiger partial charge in [0.1, 0.15) is 5.70 Å². The molecule has 0 spiro atoms. The number of allylic oxidation sites excluding steroid dienone is 1. The molecule has 0 radical (unpaired) electrons. The molecule has 0 unspecified atom stereocenters. The number of nitrogens with zero attached hydrogens (tertiary/aromatic N) is 1. The maximum absolute atomic E-state index is 11.8. The van der Waals surface area contributed by atoms with E-state index in [0.29, 0.717) is 6.61 Å². The lowest BCUT2D eigenvalue weighted by Crippen LogP contribution is -2.34. The quantitative estimate of drug-likeness (QED) is 0.530. The van der Waals surface area contributed by atoms with Crippen LogP contribution in [0.3, 0.4) is 0 Å². The van der Waals surface area contributed by atoms with Gasteiger partial charge in [0.25, 0.3) is 0 Å².